The van der Waals surface area contributed by atoms with Crippen molar-refractivity contribution in [1.82, 2.24) is 20.3 Å². The van der Waals surface area contributed by atoms with Gasteiger partial charge in [-0.15, -0.1) is 17.5 Å². The number of aromatic nitrogens is 3. The van der Waals surface area contributed by atoms with Gasteiger partial charge in [-0.3, -0.25) is 9.59 Å². The summed E-state index contributed by atoms with van der Waals surface area (Å²) < 4.78 is 1.28. The molecule has 2 atom stereocenters. The maximum atomic E-state index is 12.5. The maximum absolute atomic E-state index is 12.5. The van der Waals surface area contributed by atoms with Gasteiger partial charge in [0.15, 0.2) is 0 Å². The number of nitrogens with two attached hydrogens (primary N) is 1. The molecule has 1 heterocycles. The average Bonchev–Trinajstić information content (AvgIpc) is 2.62. The van der Waals surface area contributed by atoms with Crippen LogP contribution in [0.2, 0.25) is 0 Å². The molecule has 2 aromatic rings. The summed E-state index contributed by atoms with van der Waals surface area (Å²) in [6.07, 6.45) is 5.75. The molecular formula is C19H26ClN5O2. The molecule has 2 aliphatic rings. The Morgan fingerprint density at radius 3 is 2.67 bits per heavy atom. The summed E-state index contributed by atoms with van der Waals surface area (Å²) in [5.74, 6) is 0.957. The first kappa shape index (κ1) is 19.8. The van der Waals surface area contributed by atoms with E-state index in [0.29, 0.717) is 22.7 Å². The molecule has 0 saturated heterocycles. The van der Waals surface area contributed by atoms with E-state index in [9.17, 15) is 9.59 Å². The first-order valence-corrected chi connectivity index (χ1v) is 9.49. The molecule has 27 heavy (non-hydrogen) atoms. The van der Waals surface area contributed by atoms with Gasteiger partial charge in [0.2, 0.25) is 5.91 Å². The van der Waals surface area contributed by atoms with Crippen LogP contribution in [-0.2, 0) is 11.3 Å². The lowest BCUT2D eigenvalue weighted by Crippen LogP contribution is -2.53. The summed E-state index contributed by atoms with van der Waals surface area (Å²) >= 11 is 0. The van der Waals surface area contributed by atoms with Gasteiger partial charge in [-0.2, -0.15) is 0 Å². The van der Waals surface area contributed by atoms with E-state index < -0.39 is 0 Å². The van der Waals surface area contributed by atoms with Crippen molar-refractivity contribution in [2.45, 2.75) is 57.2 Å². The molecule has 146 valence electrons. The molecule has 2 saturated carbocycles. The summed E-state index contributed by atoms with van der Waals surface area (Å²) in [6.45, 7) is 0.240. The second-order valence-electron chi connectivity index (χ2n) is 7.66. The van der Waals surface area contributed by atoms with E-state index in [1.165, 1.54) is 11.1 Å². The highest BCUT2D eigenvalue weighted by atomic mass is 35.5. The predicted octanol–water partition coefficient (Wildman–Crippen LogP) is 1.63. The SMILES string of the molecule is Cl.NC1CC2CCCC(C1)C2NC(=O)CCn1nnc2ccccc2c1=O. The van der Waals surface area contributed by atoms with Crippen molar-refractivity contribution in [2.24, 2.45) is 17.6 Å². The van der Waals surface area contributed by atoms with Crippen LogP contribution in [0.4, 0.5) is 0 Å². The van der Waals surface area contributed by atoms with E-state index in [1.807, 2.05) is 6.07 Å². The van der Waals surface area contributed by atoms with Gasteiger partial charge in [0.25, 0.3) is 5.56 Å². The fourth-order valence-electron chi connectivity index (χ4n) is 4.66. The lowest BCUT2D eigenvalue weighted by molar-refractivity contribution is -0.123. The van der Waals surface area contributed by atoms with Crippen LogP contribution in [0.25, 0.3) is 10.9 Å². The Kier molecular flexibility index (Phi) is 6.11. The van der Waals surface area contributed by atoms with Gasteiger partial charge in [-0.1, -0.05) is 23.8 Å². The van der Waals surface area contributed by atoms with Crippen molar-refractivity contribution in [3.63, 3.8) is 0 Å². The van der Waals surface area contributed by atoms with Gasteiger partial charge in [0.1, 0.15) is 5.52 Å². The van der Waals surface area contributed by atoms with Crippen LogP contribution in [0.1, 0.15) is 38.5 Å². The molecule has 3 N–H and O–H groups in total. The topological polar surface area (TPSA) is 103 Å². The van der Waals surface area contributed by atoms with Crippen LogP contribution < -0.4 is 16.6 Å². The number of rotatable bonds is 4. The number of fused-ring (bicyclic) bond motifs is 3. The molecule has 8 heteroatoms. The number of hydrogen-bond acceptors (Lipinski definition) is 5. The lowest BCUT2D eigenvalue weighted by Gasteiger charge is -2.45. The van der Waals surface area contributed by atoms with Gasteiger partial charge in [-0.25, -0.2) is 4.68 Å². The van der Waals surface area contributed by atoms with Crippen LogP contribution >= 0.6 is 12.4 Å². The number of carbonyl (C=O) groups is 1. The number of hydrogen-bond donors (Lipinski definition) is 2. The highest BCUT2D eigenvalue weighted by Gasteiger charge is 2.39. The number of aryl methyl sites for hydroxylation is 1. The summed E-state index contributed by atoms with van der Waals surface area (Å²) in [6, 6.07) is 7.61. The van der Waals surface area contributed by atoms with Gasteiger partial charge in [0, 0.05) is 18.5 Å². The van der Waals surface area contributed by atoms with Crippen LogP contribution in [0.5, 0.6) is 0 Å². The minimum Gasteiger partial charge on any atom is -0.353 e. The fourth-order valence-corrected chi connectivity index (χ4v) is 4.66. The van der Waals surface area contributed by atoms with E-state index in [1.54, 1.807) is 18.2 Å². The third kappa shape index (κ3) is 4.14. The molecule has 7 nitrogen and oxygen atoms in total. The van der Waals surface area contributed by atoms with Crippen LogP contribution in [0, 0.1) is 11.8 Å². The van der Waals surface area contributed by atoms with Crippen molar-refractivity contribution in [3.8, 4) is 0 Å². The van der Waals surface area contributed by atoms with Gasteiger partial charge < -0.3 is 11.1 Å². The van der Waals surface area contributed by atoms with Crippen molar-refractivity contribution in [3.05, 3.63) is 34.6 Å². The molecule has 2 bridgehead atoms. The summed E-state index contributed by atoms with van der Waals surface area (Å²) in [5.41, 5.74) is 6.52. The highest BCUT2D eigenvalue weighted by molar-refractivity contribution is 5.85. The van der Waals surface area contributed by atoms with E-state index in [2.05, 4.69) is 15.6 Å². The highest BCUT2D eigenvalue weighted by Crippen LogP contribution is 2.39. The van der Waals surface area contributed by atoms with Crippen molar-refractivity contribution < 1.29 is 4.79 Å². The molecule has 2 unspecified atom stereocenters. The Morgan fingerprint density at radius 1 is 1.22 bits per heavy atom. The van der Waals surface area contributed by atoms with Gasteiger partial charge >= 0.3 is 0 Å². The molecular weight excluding hydrogens is 366 g/mol. The molecule has 1 aromatic carbocycles. The monoisotopic (exact) mass is 391 g/mol. The molecule has 0 spiro atoms. The Labute approximate surface area is 164 Å². The second-order valence-corrected chi connectivity index (χ2v) is 7.66. The Balaban J connectivity index is 0.00000210. The quantitative estimate of drug-likeness (QED) is 0.824. The van der Waals surface area contributed by atoms with Crippen LogP contribution in [-0.4, -0.2) is 33.0 Å². The molecule has 1 amide bonds. The molecule has 2 fully saturated rings. The standard InChI is InChI=1S/C19H25N5O2.ClH/c20-14-10-12-4-3-5-13(11-14)18(12)21-17(25)8-9-24-19(26)15-6-1-2-7-16(15)22-23-24;/h1-2,6-7,12-14,18H,3-5,8-11,20H2,(H,21,25);1H. The number of nitrogens with one attached hydrogen (secondary N) is 1. The van der Waals surface area contributed by atoms with E-state index in [-0.39, 0.29) is 48.9 Å². The molecule has 4 rings (SSSR count). The van der Waals surface area contributed by atoms with Crippen molar-refractivity contribution >= 4 is 29.2 Å². The number of carbonyl (C=O) groups excluding carboxylic acids is 1. The second kappa shape index (κ2) is 8.35. The van der Waals surface area contributed by atoms with Crippen LogP contribution in [0.3, 0.4) is 0 Å². The molecule has 0 radical (unpaired) electrons. The summed E-state index contributed by atoms with van der Waals surface area (Å²) in [4.78, 5) is 24.9. The van der Waals surface area contributed by atoms with Crippen LogP contribution in [0.15, 0.2) is 29.1 Å². The average molecular weight is 392 g/mol. The minimum atomic E-state index is -0.205. The van der Waals surface area contributed by atoms with E-state index in [4.69, 9.17) is 5.73 Å². The van der Waals surface area contributed by atoms with E-state index >= 15 is 0 Å². The summed E-state index contributed by atoms with van der Waals surface area (Å²) in [5, 5.41) is 11.7. The Bertz CT molecular complexity index is 857. The Hall–Kier alpha value is -1.99. The Morgan fingerprint density at radius 2 is 1.93 bits per heavy atom. The molecule has 2 aliphatic carbocycles. The maximum Gasteiger partial charge on any atom is 0.277 e. The minimum absolute atomic E-state index is 0. The third-order valence-corrected chi connectivity index (χ3v) is 5.88. The molecule has 1 aromatic heterocycles. The fraction of sp³-hybridized carbons (Fsp3) is 0.579. The van der Waals surface area contributed by atoms with Gasteiger partial charge in [0.05, 0.1) is 11.9 Å². The third-order valence-electron chi connectivity index (χ3n) is 5.88. The zero-order valence-electron chi connectivity index (χ0n) is 15.2. The summed E-state index contributed by atoms with van der Waals surface area (Å²) in [7, 11) is 0. The largest absolute Gasteiger partial charge is 0.353 e. The number of halogens is 1. The van der Waals surface area contributed by atoms with Crippen molar-refractivity contribution in [2.75, 3.05) is 0 Å². The number of nitrogens with zero attached hydrogens (tertiary/aromatic N) is 3. The zero-order chi connectivity index (χ0) is 18.1. The van der Waals surface area contributed by atoms with Gasteiger partial charge in [-0.05, 0) is 49.7 Å². The normalized spacial score (nSPS) is 27.0. The first-order chi connectivity index (χ1) is 12.6. The number of benzene rings is 1. The zero-order valence-corrected chi connectivity index (χ0v) is 16.0. The smallest absolute Gasteiger partial charge is 0.277 e. The van der Waals surface area contributed by atoms with E-state index in [0.717, 1.165) is 25.7 Å². The molecule has 0 aliphatic heterocycles. The first-order valence-electron chi connectivity index (χ1n) is 9.49. The number of amides is 1. The predicted molar refractivity (Wildman–Crippen MR) is 106 cm³/mol. The lowest BCUT2D eigenvalue weighted by atomic mass is 9.67. The van der Waals surface area contributed by atoms with Crippen molar-refractivity contribution in [1.29, 1.82) is 0 Å².